The second kappa shape index (κ2) is 14.5. The molecule has 29 heavy (non-hydrogen) atoms. The van der Waals surface area contributed by atoms with Crippen LogP contribution in [-0.4, -0.2) is 26.9 Å². The monoisotopic (exact) mass is 482 g/mol. The zero-order valence-electron chi connectivity index (χ0n) is 17.8. The number of phosphoric ester groups is 1. The van der Waals surface area contributed by atoms with Crippen molar-refractivity contribution in [1.82, 2.24) is 0 Å². The largest absolute Gasteiger partial charge is 0.490 e. The van der Waals surface area contributed by atoms with Crippen LogP contribution >= 0.6 is 23.5 Å². The minimum Gasteiger partial charge on any atom is -0.302 e. The Morgan fingerprint density at radius 1 is 0.690 bits per heavy atom. The highest BCUT2D eigenvalue weighted by Gasteiger charge is 2.44. The van der Waals surface area contributed by atoms with E-state index >= 15 is 0 Å². The summed E-state index contributed by atoms with van der Waals surface area (Å²) in [6, 6.07) is 0. The van der Waals surface area contributed by atoms with Gasteiger partial charge < -0.3 is 14.7 Å². The lowest BCUT2D eigenvalue weighted by Gasteiger charge is -2.25. The topological polar surface area (TPSA) is 149 Å². The first-order valence-corrected chi connectivity index (χ1v) is 14.6. The van der Waals surface area contributed by atoms with Crippen molar-refractivity contribution in [3.05, 3.63) is 0 Å². The van der Waals surface area contributed by atoms with Gasteiger partial charge in [-0.15, -0.1) is 0 Å². The van der Waals surface area contributed by atoms with E-state index in [4.69, 9.17) is 18.8 Å². The lowest BCUT2D eigenvalue weighted by molar-refractivity contribution is 0.0753. The first kappa shape index (κ1) is 29.4. The van der Waals surface area contributed by atoms with Crippen LogP contribution in [0, 0.1) is 0 Å². The molecule has 3 N–H and O–H groups in total. The fraction of sp³-hybridized carbons (Fsp3) is 1.00. The van der Waals surface area contributed by atoms with Gasteiger partial charge in [0.15, 0.2) is 0 Å². The molecule has 0 saturated heterocycles. The van der Waals surface area contributed by atoms with Gasteiger partial charge in [0.1, 0.15) is 0 Å². The van der Waals surface area contributed by atoms with Crippen LogP contribution in [0.5, 0.6) is 0 Å². The highest BCUT2D eigenvalue weighted by Crippen LogP contribution is 2.69. The molecule has 0 aromatic heterocycles. The molecule has 0 amide bonds. The van der Waals surface area contributed by atoms with E-state index in [9.17, 15) is 18.6 Å². The highest BCUT2D eigenvalue weighted by atomic mass is 31.3. The molecule has 0 fully saturated rings. The summed E-state index contributed by atoms with van der Waals surface area (Å²) in [6.07, 6.45) is 7.41. The van der Waals surface area contributed by atoms with Gasteiger partial charge in [0.05, 0.1) is 12.2 Å². The molecule has 0 aliphatic heterocycles. The maximum atomic E-state index is 13.0. The molecular formula is C16H37O10P3. The standard InChI is InChI=1S/C16H37O10P3/c1-5-7-9-11-13-15(3)23-29(22,24-16(4)14-12-10-8-6-2)26-28(20,21)25-27(17,18)19/h15-16H,5-14H2,1-4H3,(H,20,21)(H2,17,18,19). The molecule has 0 heterocycles. The van der Waals surface area contributed by atoms with Crippen LogP contribution in [-0.2, 0) is 31.4 Å². The Bertz CT molecular complexity index is 555. The molecule has 0 aromatic rings. The van der Waals surface area contributed by atoms with E-state index in [0.717, 1.165) is 51.4 Å². The minimum atomic E-state index is -5.40. The van der Waals surface area contributed by atoms with Crippen LogP contribution < -0.4 is 0 Å². The molecule has 3 unspecified atom stereocenters. The van der Waals surface area contributed by atoms with Crippen LogP contribution in [0.3, 0.4) is 0 Å². The van der Waals surface area contributed by atoms with Crippen molar-refractivity contribution >= 4 is 23.5 Å². The summed E-state index contributed by atoms with van der Waals surface area (Å²) in [5, 5.41) is 0. The lowest BCUT2D eigenvalue weighted by Crippen LogP contribution is -2.14. The molecule has 0 rings (SSSR count). The zero-order valence-corrected chi connectivity index (χ0v) is 20.5. The van der Waals surface area contributed by atoms with Gasteiger partial charge in [-0.1, -0.05) is 65.2 Å². The van der Waals surface area contributed by atoms with Crippen molar-refractivity contribution in [2.45, 2.75) is 104 Å². The SMILES string of the molecule is CCCCCCC(C)OP(=O)(OC(C)CCCCCC)OP(=O)(O)OP(=O)(O)O. The van der Waals surface area contributed by atoms with Crippen molar-refractivity contribution in [3.63, 3.8) is 0 Å². The van der Waals surface area contributed by atoms with Crippen LogP contribution in [0.4, 0.5) is 0 Å². The highest BCUT2D eigenvalue weighted by molar-refractivity contribution is 7.66. The average molecular weight is 482 g/mol. The van der Waals surface area contributed by atoms with Crippen LogP contribution in [0.2, 0.25) is 0 Å². The Kier molecular flexibility index (Phi) is 14.7. The fourth-order valence-corrected chi connectivity index (χ4v) is 6.53. The van der Waals surface area contributed by atoms with E-state index in [1.54, 1.807) is 13.8 Å². The van der Waals surface area contributed by atoms with E-state index < -0.39 is 35.7 Å². The van der Waals surface area contributed by atoms with Gasteiger partial charge in [0.25, 0.3) is 0 Å². The smallest absolute Gasteiger partial charge is 0.302 e. The molecule has 10 nitrogen and oxygen atoms in total. The molecule has 0 saturated carbocycles. The Balaban J connectivity index is 5.07. The predicted octanol–water partition coefficient (Wildman–Crippen LogP) is 6.07. The van der Waals surface area contributed by atoms with Crippen molar-refractivity contribution in [3.8, 4) is 0 Å². The summed E-state index contributed by atoms with van der Waals surface area (Å²) >= 11 is 0. The maximum absolute atomic E-state index is 13.0. The summed E-state index contributed by atoms with van der Waals surface area (Å²) < 4.78 is 54.6. The molecule has 0 bridgehead atoms. The molecule has 0 radical (unpaired) electrons. The molecule has 0 aliphatic rings. The third kappa shape index (κ3) is 16.7. The second-order valence-electron chi connectivity index (χ2n) is 7.10. The predicted molar refractivity (Wildman–Crippen MR) is 110 cm³/mol. The normalized spacial score (nSPS) is 18.7. The van der Waals surface area contributed by atoms with Gasteiger partial charge in [0.2, 0.25) is 0 Å². The number of hydrogen-bond acceptors (Lipinski definition) is 7. The number of phosphoric acid groups is 3. The summed E-state index contributed by atoms with van der Waals surface area (Å²) in [7, 11) is -15.4. The van der Waals surface area contributed by atoms with Crippen molar-refractivity contribution in [1.29, 1.82) is 0 Å². The average Bonchev–Trinajstić information content (AvgIpc) is 2.52. The molecular weight excluding hydrogens is 445 g/mol. The van der Waals surface area contributed by atoms with Gasteiger partial charge in [-0.05, 0) is 26.7 Å². The zero-order chi connectivity index (χ0) is 22.6. The van der Waals surface area contributed by atoms with Crippen molar-refractivity contribution in [2.75, 3.05) is 0 Å². The summed E-state index contributed by atoms with van der Waals surface area (Å²) in [6.45, 7) is 7.36. The molecule has 0 spiro atoms. The maximum Gasteiger partial charge on any atom is 0.490 e. The number of hydrogen-bond donors (Lipinski definition) is 3. The summed E-state index contributed by atoms with van der Waals surface area (Å²) in [4.78, 5) is 27.1. The first-order valence-electron chi connectivity index (χ1n) is 10.1. The number of unbranched alkanes of at least 4 members (excludes halogenated alkanes) is 6. The molecule has 176 valence electrons. The quantitative estimate of drug-likeness (QED) is 0.155. The van der Waals surface area contributed by atoms with Gasteiger partial charge in [-0.2, -0.15) is 8.62 Å². The van der Waals surface area contributed by atoms with E-state index in [2.05, 4.69) is 22.5 Å². The van der Waals surface area contributed by atoms with Gasteiger partial charge in [0, 0.05) is 0 Å². The van der Waals surface area contributed by atoms with E-state index in [-0.39, 0.29) is 0 Å². The van der Waals surface area contributed by atoms with Crippen LogP contribution in [0.25, 0.3) is 0 Å². The lowest BCUT2D eigenvalue weighted by atomic mass is 10.1. The van der Waals surface area contributed by atoms with Crippen molar-refractivity contribution in [2.24, 2.45) is 0 Å². The Labute approximate surface area is 174 Å². The molecule has 0 aliphatic carbocycles. The van der Waals surface area contributed by atoms with Crippen LogP contribution in [0.1, 0.15) is 91.9 Å². The third-order valence-electron chi connectivity index (χ3n) is 3.96. The summed E-state index contributed by atoms with van der Waals surface area (Å²) in [5.74, 6) is 0. The Hall–Kier alpha value is 0.410. The van der Waals surface area contributed by atoms with Crippen LogP contribution in [0.15, 0.2) is 0 Å². The van der Waals surface area contributed by atoms with Gasteiger partial charge in [-0.3, -0.25) is 9.05 Å². The second-order valence-corrected chi connectivity index (χ2v) is 11.6. The summed E-state index contributed by atoms with van der Waals surface area (Å²) in [5.41, 5.74) is 0. The molecule has 0 aromatic carbocycles. The Morgan fingerprint density at radius 2 is 1.10 bits per heavy atom. The number of rotatable bonds is 18. The van der Waals surface area contributed by atoms with Gasteiger partial charge in [-0.25, -0.2) is 13.7 Å². The molecule has 3 atom stereocenters. The Morgan fingerprint density at radius 3 is 1.45 bits per heavy atom. The van der Waals surface area contributed by atoms with E-state index in [1.807, 2.05) is 0 Å². The van der Waals surface area contributed by atoms with E-state index in [0.29, 0.717) is 12.8 Å². The van der Waals surface area contributed by atoms with Gasteiger partial charge >= 0.3 is 23.5 Å². The molecule has 13 heteroatoms. The third-order valence-corrected chi connectivity index (χ3v) is 8.50. The van der Waals surface area contributed by atoms with Crippen molar-refractivity contribution < 1.29 is 46.0 Å². The fourth-order valence-electron chi connectivity index (χ4n) is 2.60. The minimum absolute atomic E-state index is 0.511. The first-order chi connectivity index (χ1) is 13.3. The van der Waals surface area contributed by atoms with E-state index in [1.165, 1.54) is 0 Å².